The number of benzene rings is 2. The Morgan fingerprint density at radius 2 is 1.84 bits per heavy atom. The number of carbonyl (C=O) groups is 1. The molecular formula is C21H20Cl2N2O4S2. The number of halogens is 2. The number of rotatable bonds is 10. The van der Waals surface area contributed by atoms with Crippen LogP contribution in [0.15, 0.2) is 76.2 Å². The van der Waals surface area contributed by atoms with Gasteiger partial charge in [0.25, 0.3) is 10.0 Å². The number of furan rings is 1. The van der Waals surface area contributed by atoms with Crippen molar-refractivity contribution in [2.75, 3.05) is 23.1 Å². The Morgan fingerprint density at radius 3 is 2.52 bits per heavy atom. The number of carbonyl (C=O) groups excluding carboxylic acids is 1. The Bertz CT molecular complexity index is 1110. The van der Waals surface area contributed by atoms with Gasteiger partial charge in [0, 0.05) is 17.3 Å². The summed E-state index contributed by atoms with van der Waals surface area (Å²) in [4.78, 5) is 12.6. The Hall–Kier alpha value is -2.13. The average molecular weight is 499 g/mol. The molecule has 1 heterocycles. The highest BCUT2D eigenvalue weighted by Crippen LogP contribution is 2.32. The second-order valence-electron chi connectivity index (χ2n) is 6.40. The smallest absolute Gasteiger partial charge is 0.264 e. The monoisotopic (exact) mass is 498 g/mol. The molecule has 31 heavy (non-hydrogen) atoms. The maximum Gasteiger partial charge on any atom is 0.264 e. The van der Waals surface area contributed by atoms with E-state index in [1.54, 1.807) is 36.2 Å². The second-order valence-corrected chi connectivity index (χ2v) is 10.2. The second kappa shape index (κ2) is 10.9. The van der Waals surface area contributed by atoms with Crippen molar-refractivity contribution in [3.8, 4) is 0 Å². The van der Waals surface area contributed by atoms with E-state index in [-0.39, 0.29) is 15.6 Å². The van der Waals surface area contributed by atoms with Crippen LogP contribution in [0.4, 0.5) is 5.69 Å². The molecule has 0 aliphatic carbocycles. The van der Waals surface area contributed by atoms with Crippen molar-refractivity contribution in [1.29, 1.82) is 0 Å². The summed E-state index contributed by atoms with van der Waals surface area (Å²) in [5.41, 5.74) is 0.178. The van der Waals surface area contributed by atoms with Crippen molar-refractivity contribution >= 4 is 56.6 Å². The summed E-state index contributed by atoms with van der Waals surface area (Å²) in [6.45, 7) is -0.0286. The zero-order valence-electron chi connectivity index (χ0n) is 16.3. The van der Waals surface area contributed by atoms with E-state index >= 15 is 0 Å². The van der Waals surface area contributed by atoms with E-state index in [9.17, 15) is 13.2 Å². The third kappa shape index (κ3) is 6.43. The van der Waals surface area contributed by atoms with Crippen LogP contribution in [0.2, 0.25) is 10.0 Å². The molecule has 0 saturated carbocycles. The van der Waals surface area contributed by atoms with E-state index < -0.39 is 22.5 Å². The number of sulfonamides is 1. The van der Waals surface area contributed by atoms with Crippen LogP contribution >= 0.6 is 35.0 Å². The van der Waals surface area contributed by atoms with Crippen molar-refractivity contribution in [3.63, 3.8) is 0 Å². The van der Waals surface area contributed by atoms with Gasteiger partial charge in [0.1, 0.15) is 12.3 Å². The normalized spacial score (nSPS) is 11.3. The molecule has 0 saturated heterocycles. The van der Waals surface area contributed by atoms with Gasteiger partial charge in [-0.3, -0.25) is 9.10 Å². The van der Waals surface area contributed by atoms with Gasteiger partial charge < -0.3 is 9.73 Å². The number of hydrogen-bond donors (Lipinski definition) is 1. The van der Waals surface area contributed by atoms with E-state index in [4.69, 9.17) is 27.6 Å². The van der Waals surface area contributed by atoms with Crippen LogP contribution < -0.4 is 9.62 Å². The molecule has 2 aromatic carbocycles. The van der Waals surface area contributed by atoms with Crippen LogP contribution in [0.3, 0.4) is 0 Å². The van der Waals surface area contributed by atoms with Gasteiger partial charge >= 0.3 is 0 Å². The molecule has 6 nitrogen and oxygen atoms in total. The molecule has 0 fully saturated rings. The summed E-state index contributed by atoms with van der Waals surface area (Å²) in [6, 6.07) is 16.0. The summed E-state index contributed by atoms with van der Waals surface area (Å²) in [5.74, 6) is 1.76. The number of anilines is 1. The first-order valence-electron chi connectivity index (χ1n) is 9.27. The largest absolute Gasteiger partial charge is 0.468 e. The van der Waals surface area contributed by atoms with E-state index in [1.165, 1.54) is 30.3 Å². The SMILES string of the molecule is O=C(CN(c1ccc(Cl)cc1Cl)S(=O)(=O)c1ccccc1)NCCSCc1ccco1. The highest BCUT2D eigenvalue weighted by atomic mass is 35.5. The van der Waals surface area contributed by atoms with Gasteiger partial charge in [-0.15, -0.1) is 0 Å². The summed E-state index contributed by atoms with van der Waals surface area (Å²) < 4.78 is 32.8. The van der Waals surface area contributed by atoms with Gasteiger partial charge in [0.2, 0.25) is 5.91 Å². The fourth-order valence-corrected chi connectivity index (χ4v) is 5.50. The van der Waals surface area contributed by atoms with Crippen LogP contribution in [0.25, 0.3) is 0 Å². The Labute approximate surface area is 195 Å². The lowest BCUT2D eigenvalue weighted by Crippen LogP contribution is -2.41. The number of hydrogen-bond acceptors (Lipinski definition) is 5. The standard InChI is InChI=1S/C21H20Cl2N2O4S2/c22-16-8-9-20(19(23)13-16)25(31(27,28)18-6-2-1-3-7-18)14-21(26)24-10-12-30-15-17-5-4-11-29-17/h1-9,11,13H,10,12,14-15H2,(H,24,26). The summed E-state index contributed by atoms with van der Waals surface area (Å²) in [7, 11) is -4.02. The van der Waals surface area contributed by atoms with Crippen LogP contribution in [0.1, 0.15) is 5.76 Å². The molecule has 3 rings (SSSR count). The van der Waals surface area contributed by atoms with Gasteiger partial charge in [0.15, 0.2) is 0 Å². The maximum absolute atomic E-state index is 13.3. The van der Waals surface area contributed by atoms with Crippen molar-refractivity contribution in [2.45, 2.75) is 10.6 Å². The zero-order valence-corrected chi connectivity index (χ0v) is 19.5. The minimum absolute atomic E-state index is 0.0582. The van der Waals surface area contributed by atoms with Gasteiger partial charge in [-0.2, -0.15) is 11.8 Å². The number of thioether (sulfide) groups is 1. The third-order valence-corrected chi connectivity index (χ3v) is 7.48. The topological polar surface area (TPSA) is 79.6 Å². The van der Waals surface area contributed by atoms with Crippen LogP contribution in [-0.4, -0.2) is 33.2 Å². The lowest BCUT2D eigenvalue weighted by atomic mass is 10.3. The molecule has 0 radical (unpaired) electrons. The van der Waals surface area contributed by atoms with E-state index in [0.29, 0.717) is 23.1 Å². The highest BCUT2D eigenvalue weighted by molar-refractivity contribution is 7.98. The van der Waals surface area contributed by atoms with Gasteiger partial charge in [-0.05, 0) is 42.5 Å². The minimum Gasteiger partial charge on any atom is -0.468 e. The first-order chi connectivity index (χ1) is 14.9. The van der Waals surface area contributed by atoms with Crippen molar-refractivity contribution in [1.82, 2.24) is 5.32 Å². The lowest BCUT2D eigenvalue weighted by molar-refractivity contribution is -0.119. The Kier molecular flexibility index (Phi) is 8.31. The zero-order chi connectivity index (χ0) is 22.3. The molecule has 0 aliphatic rings. The highest BCUT2D eigenvalue weighted by Gasteiger charge is 2.28. The molecule has 0 spiro atoms. The van der Waals surface area contributed by atoms with Gasteiger partial charge in [-0.1, -0.05) is 41.4 Å². The number of nitrogens with one attached hydrogen (secondary N) is 1. The fourth-order valence-electron chi connectivity index (χ4n) is 2.72. The molecule has 1 aromatic heterocycles. The van der Waals surface area contributed by atoms with Crippen LogP contribution in [0.5, 0.6) is 0 Å². The molecule has 1 N–H and O–H groups in total. The molecule has 1 amide bonds. The van der Waals surface area contributed by atoms with Crippen LogP contribution in [0, 0.1) is 0 Å². The predicted molar refractivity (Wildman–Crippen MR) is 125 cm³/mol. The maximum atomic E-state index is 13.3. The average Bonchev–Trinajstić information content (AvgIpc) is 3.26. The summed E-state index contributed by atoms with van der Waals surface area (Å²) >= 11 is 13.8. The molecule has 164 valence electrons. The Balaban J connectivity index is 1.70. The van der Waals surface area contributed by atoms with E-state index in [2.05, 4.69) is 5.32 Å². The quantitative estimate of drug-likeness (QED) is 0.404. The van der Waals surface area contributed by atoms with Crippen molar-refractivity contribution < 1.29 is 17.6 Å². The predicted octanol–water partition coefficient (Wildman–Crippen LogP) is 4.83. The molecule has 0 aliphatic heterocycles. The molecule has 0 unspecified atom stereocenters. The molecular weight excluding hydrogens is 479 g/mol. The lowest BCUT2D eigenvalue weighted by Gasteiger charge is -2.25. The van der Waals surface area contributed by atoms with Gasteiger partial charge in [0.05, 0.1) is 27.6 Å². The van der Waals surface area contributed by atoms with E-state index in [0.717, 1.165) is 10.1 Å². The summed E-state index contributed by atoms with van der Waals surface area (Å²) in [5, 5.41) is 3.25. The van der Waals surface area contributed by atoms with Crippen molar-refractivity contribution in [2.24, 2.45) is 0 Å². The van der Waals surface area contributed by atoms with Gasteiger partial charge in [-0.25, -0.2) is 8.42 Å². The molecule has 3 aromatic rings. The van der Waals surface area contributed by atoms with Crippen LogP contribution in [-0.2, 0) is 20.6 Å². The fraction of sp³-hybridized carbons (Fsp3) is 0.190. The number of nitrogens with zero attached hydrogens (tertiary/aromatic N) is 1. The molecule has 0 atom stereocenters. The minimum atomic E-state index is -4.02. The summed E-state index contributed by atoms with van der Waals surface area (Å²) in [6.07, 6.45) is 1.61. The third-order valence-electron chi connectivity index (χ3n) is 4.19. The Morgan fingerprint density at radius 1 is 1.06 bits per heavy atom. The van der Waals surface area contributed by atoms with Crippen molar-refractivity contribution in [3.05, 3.63) is 82.7 Å². The first-order valence-corrected chi connectivity index (χ1v) is 12.6. The molecule has 10 heteroatoms. The first kappa shape index (κ1) is 23.5. The molecule has 0 bridgehead atoms. The number of amides is 1. The van der Waals surface area contributed by atoms with E-state index in [1.807, 2.05) is 12.1 Å².